The molecule has 3 aromatic rings. The van der Waals surface area contributed by atoms with Gasteiger partial charge in [-0.1, -0.05) is 30.3 Å². The lowest BCUT2D eigenvalue weighted by Crippen LogP contribution is -2.52. The average molecular weight is 537 g/mol. The van der Waals surface area contributed by atoms with Gasteiger partial charge in [0.1, 0.15) is 17.8 Å². The van der Waals surface area contributed by atoms with Crippen molar-refractivity contribution in [3.05, 3.63) is 70.9 Å². The van der Waals surface area contributed by atoms with Gasteiger partial charge in [-0.15, -0.1) is 11.3 Å². The molecule has 1 aromatic heterocycles. The quantitative estimate of drug-likeness (QED) is 0.387. The van der Waals surface area contributed by atoms with E-state index in [2.05, 4.69) is 15.6 Å². The second kappa shape index (κ2) is 12.2. The lowest BCUT2D eigenvalue weighted by molar-refractivity contribution is -0.139. The van der Waals surface area contributed by atoms with Crippen molar-refractivity contribution in [2.75, 3.05) is 13.2 Å². The Kier molecular flexibility index (Phi) is 8.75. The van der Waals surface area contributed by atoms with Crippen LogP contribution < -0.4 is 15.4 Å². The summed E-state index contributed by atoms with van der Waals surface area (Å²) in [5.41, 5.74) is 5.13. The molecule has 1 aliphatic heterocycles. The molecule has 3 amide bonds. The summed E-state index contributed by atoms with van der Waals surface area (Å²) in [5, 5.41) is 15.8. The van der Waals surface area contributed by atoms with Crippen LogP contribution in [0, 0.1) is 6.92 Å². The molecule has 1 saturated heterocycles. The molecule has 0 saturated carbocycles. The molecular weight excluding hydrogens is 504 g/mol. The molecule has 10 heteroatoms. The first-order valence-electron chi connectivity index (χ1n) is 12.6. The topological polar surface area (TPSA) is 121 Å². The van der Waals surface area contributed by atoms with Crippen LogP contribution in [-0.4, -0.2) is 64.1 Å². The van der Waals surface area contributed by atoms with Crippen LogP contribution in [-0.2, 0) is 16.1 Å². The Balaban J connectivity index is 1.35. The van der Waals surface area contributed by atoms with Gasteiger partial charge in [0.25, 0.3) is 5.91 Å². The maximum absolute atomic E-state index is 13.2. The molecule has 3 N–H and O–H groups in total. The van der Waals surface area contributed by atoms with E-state index in [0.29, 0.717) is 17.9 Å². The number of amides is 3. The minimum Gasteiger partial charge on any atom is -0.494 e. The van der Waals surface area contributed by atoms with E-state index in [1.165, 1.54) is 4.90 Å². The lowest BCUT2D eigenvalue weighted by Gasteiger charge is -2.27. The number of thiazole rings is 1. The summed E-state index contributed by atoms with van der Waals surface area (Å²) in [5.74, 6) is -0.641. The summed E-state index contributed by atoms with van der Waals surface area (Å²) >= 11 is 1.58. The third-order valence-corrected chi connectivity index (χ3v) is 7.40. The number of aliphatic hydroxyl groups excluding tert-OH is 1. The Hall–Kier alpha value is -3.76. The molecule has 3 atom stereocenters. The van der Waals surface area contributed by atoms with Crippen molar-refractivity contribution in [3.8, 4) is 16.2 Å². The third-order valence-electron chi connectivity index (χ3n) is 6.42. The van der Waals surface area contributed by atoms with Crippen LogP contribution >= 0.6 is 11.3 Å². The molecule has 2 unspecified atom stereocenters. The summed E-state index contributed by atoms with van der Waals surface area (Å²) in [4.78, 5) is 45.7. The number of hydrogen-bond acceptors (Lipinski definition) is 7. The Morgan fingerprint density at radius 1 is 1.21 bits per heavy atom. The largest absolute Gasteiger partial charge is 0.494 e. The summed E-state index contributed by atoms with van der Waals surface area (Å²) in [7, 11) is 0. The second-order valence-electron chi connectivity index (χ2n) is 9.23. The first-order chi connectivity index (χ1) is 18.3. The van der Waals surface area contributed by atoms with Crippen molar-refractivity contribution in [3.63, 3.8) is 0 Å². The van der Waals surface area contributed by atoms with Crippen molar-refractivity contribution in [2.45, 2.75) is 51.9 Å². The van der Waals surface area contributed by atoms with Gasteiger partial charge in [0.2, 0.25) is 11.8 Å². The number of ether oxygens (including phenoxy) is 1. The molecule has 1 fully saturated rings. The van der Waals surface area contributed by atoms with E-state index in [0.717, 1.165) is 21.7 Å². The predicted molar refractivity (Wildman–Crippen MR) is 145 cm³/mol. The van der Waals surface area contributed by atoms with Gasteiger partial charge >= 0.3 is 0 Å². The average Bonchev–Trinajstić information content (AvgIpc) is 3.52. The third kappa shape index (κ3) is 6.38. The van der Waals surface area contributed by atoms with Crippen molar-refractivity contribution >= 4 is 29.1 Å². The summed E-state index contributed by atoms with van der Waals surface area (Å²) in [6.07, 6.45) is -0.680. The highest BCUT2D eigenvalue weighted by atomic mass is 32.1. The minimum absolute atomic E-state index is 0.0276. The monoisotopic (exact) mass is 536 g/mol. The van der Waals surface area contributed by atoms with Gasteiger partial charge in [-0.3, -0.25) is 14.4 Å². The lowest BCUT2D eigenvalue weighted by atomic mass is 10.1. The standard InChI is InChI=1S/C28H32N4O5S/c1-4-37-23-7-5-6-21(12-23)26(34)31-18(3)28(36)32-15-22(33)13-24(32)27(35)29-14-19-8-10-20(11-9-19)25-17(2)30-16-38-25/h5-12,16,18,22,24,33H,4,13-15H2,1-3H3,(H,29,35)(H,31,34)/t18-,22?,24?/m1/s1. The van der Waals surface area contributed by atoms with Gasteiger partial charge in [-0.25, -0.2) is 4.98 Å². The zero-order chi connectivity index (χ0) is 27.2. The van der Waals surface area contributed by atoms with E-state index in [-0.39, 0.29) is 25.4 Å². The fraction of sp³-hybridized carbons (Fsp3) is 0.357. The number of nitrogens with zero attached hydrogens (tertiary/aromatic N) is 2. The van der Waals surface area contributed by atoms with Gasteiger partial charge in [0, 0.05) is 25.1 Å². The molecule has 38 heavy (non-hydrogen) atoms. The smallest absolute Gasteiger partial charge is 0.252 e. The van der Waals surface area contributed by atoms with E-state index in [1.807, 2.05) is 43.6 Å². The number of benzene rings is 2. The Bertz CT molecular complexity index is 1290. The molecule has 1 aliphatic rings. The molecule has 2 heterocycles. The molecule has 2 aromatic carbocycles. The van der Waals surface area contributed by atoms with E-state index >= 15 is 0 Å². The number of rotatable bonds is 9. The zero-order valence-electron chi connectivity index (χ0n) is 21.6. The second-order valence-corrected chi connectivity index (χ2v) is 10.1. The number of aryl methyl sites for hydroxylation is 1. The Morgan fingerprint density at radius 3 is 2.66 bits per heavy atom. The van der Waals surface area contributed by atoms with E-state index < -0.39 is 30.0 Å². The van der Waals surface area contributed by atoms with Crippen LogP contribution in [0.5, 0.6) is 5.75 Å². The highest BCUT2D eigenvalue weighted by Crippen LogP contribution is 2.27. The van der Waals surface area contributed by atoms with Crippen molar-refractivity contribution in [1.29, 1.82) is 0 Å². The van der Waals surface area contributed by atoms with E-state index in [9.17, 15) is 19.5 Å². The molecular formula is C28H32N4O5S. The molecule has 200 valence electrons. The molecule has 0 aliphatic carbocycles. The van der Waals surface area contributed by atoms with Gasteiger partial charge in [-0.05, 0) is 50.1 Å². The van der Waals surface area contributed by atoms with Crippen molar-refractivity contribution in [2.24, 2.45) is 0 Å². The predicted octanol–water partition coefficient (Wildman–Crippen LogP) is 2.91. The summed E-state index contributed by atoms with van der Waals surface area (Å²) in [6.45, 7) is 6.18. The molecule has 9 nitrogen and oxygen atoms in total. The number of likely N-dealkylation sites (tertiary alicyclic amines) is 1. The number of β-amino-alcohol motifs (C(OH)–C–C–N with tert-alkyl or cyclic N) is 1. The highest BCUT2D eigenvalue weighted by molar-refractivity contribution is 7.13. The fourth-order valence-corrected chi connectivity index (χ4v) is 5.26. The van der Waals surface area contributed by atoms with Crippen LogP contribution in [0.4, 0.5) is 0 Å². The first-order valence-corrected chi connectivity index (χ1v) is 13.4. The number of carbonyl (C=O) groups excluding carboxylic acids is 3. The van der Waals surface area contributed by atoms with Gasteiger partial charge in [0.15, 0.2) is 0 Å². The first kappa shape index (κ1) is 27.3. The normalized spacial score (nSPS) is 17.6. The van der Waals surface area contributed by atoms with Crippen LogP contribution in [0.1, 0.15) is 41.9 Å². The van der Waals surface area contributed by atoms with E-state index in [1.54, 1.807) is 42.5 Å². The number of hydrogen-bond donors (Lipinski definition) is 3. The Labute approximate surface area is 225 Å². The highest BCUT2D eigenvalue weighted by Gasteiger charge is 2.40. The summed E-state index contributed by atoms with van der Waals surface area (Å²) in [6, 6.07) is 12.9. The number of carbonyl (C=O) groups is 3. The SMILES string of the molecule is CCOc1cccc(C(=O)N[C@H](C)C(=O)N2CC(O)CC2C(=O)NCc2ccc(-c3scnc3C)cc2)c1. The number of aromatic nitrogens is 1. The van der Waals surface area contributed by atoms with Gasteiger partial charge < -0.3 is 25.4 Å². The summed E-state index contributed by atoms with van der Waals surface area (Å²) < 4.78 is 5.44. The number of nitrogens with one attached hydrogen (secondary N) is 2. The van der Waals surface area contributed by atoms with Crippen LogP contribution in [0.2, 0.25) is 0 Å². The minimum atomic E-state index is -0.887. The maximum atomic E-state index is 13.2. The number of aliphatic hydroxyl groups is 1. The van der Waals surface area contributed by atoms with Crippen molar-refractivity contribution < 1.29 is 24.2 Å². The molecule has 0 spiro atoms. The molecule has 0 radical (unpaired) electrons. The van der Waals surface area contributed by atoms with Gasteiger partial charge in [0.05, 0.1) is 28.8 Å². The molecule has 0 bridgehead atoms. The van der Waals surface area contributed by atoms with Crippen LogP contribution in [0.15, 0.2) is 54.0 Å². The van der Waals surface area contributed by atoms with Crippen LogP contribution in [0.25, 0.3) is 10.4 Å². The molecule has 4 rings (SSSR count). The fourth-order valence-electron chi connectivity index (χ4n) is 4.45. The van der Waals surface area contributed by atoms with Crippen molar-refractivity contribution in [1.82, 2.24) is 20.5 Å². The van der Waals surface area contributed by atoms with Crippen LogP contribution in [0.3, 0.4) is 0 Å². The van der Waals surface area contributed by atoms with E-state index in [4.69, 9.17) is 4.74 Å². The maximum Gasteiger partial charge on any atom is 0.252 e. The Morgan fingerprint density at radius 2 is 1.97 bits per heavy atom. The zero-order valence-corrected chi connectivity index (χ0v) is 22.5. The van der Waals surface area contributed by atoms with Gasteiger partial charge in [-0.2, -0.15) is 0 Å².